The van der Waals surface area contributed by atoms with Gasteiger partial charge in [-0.1, -0.05) is 0 Å². The summed E-state index contributed by atoms with van der Waals surface area (Å²) in [6.45, 7) is 8.20. The van der Waals surface area contributed by atoms with Crippen molar-refractivity contribution >= 4 is 0 Å². The van der Waals surface area contributed by atoms with Crippen LogP contribution in [0.4, 0.5) is 0 Å². The second kappa shape index (κ2) is 4.32. The van der Waals surface area contributed by atoms with Crippen LogP contribution in [0, 0.1) is 6.92 Å². The first-order chi connectivity index (χ1) is 8.39. The maximum Gasteiger partial charge on any atom is 0.269 e. The first kappa shape index (κ1) is 12.4. The second-order valence-corrected chi connectivity index (χ2v) is 5.15. The normalized spacial score (nSPS) is 11.8. The SMILES string of the molecule is Cc1cncc(=O)n1Cc1nnnn1C(C)(C)C. The predicted octanol–water partition coefficient (Wildman–Crippen LogP) is 0.342. The molecule has 7 heteroatoms. The molecule has 2 aromatic heterocycles. The van der Waals surface area contributed by atoms with Crippen molar-refractivity contribution in [3.8, 4) is 0 Å². The van der Waals surface area contributed by atoms with E-state index in [0.29, 0.717) is 12.4 Å². The van der Waals surface area contributed by atoms with Crippen molar-refractivity contribution in [3.63, 3.8) is 0 Å². The first-order valence-corrected chi connectivity index (χ1v) is 5.69. The van der Waals surface area contributed by atoms with Gasteiger partial charge in [-0.05, 0) is 38.1 Å². The number of rotatable bonds is 2. The average molecular weight is 248 g/mol. The fourth-order valence-corrected chi connectivity index (χ4v) is 1.69. The fraction of sp³-hybridized carbons (Fsp3) is 0.545. The lowest BCUT2D eigenvalue weighted by Crippen LogP contribution is -2.29. The molecule has 0 saturated carbocycles. The lowest BCUT2D eigenvalue weighted by atomic mass is 10.1. The van der Waals surface area contributed by atoms with Crippen molar-refractivity contribution < 1.29 is 0 Å². The Morgan fingerprint density at radius 2 is 2.00 bits per heavy atom. The molecule has 2 aromatic rings. The molecule has 2 rings (SSSR count). The minimum absolute atomic E-state index is 0.154. The van der Waals surface area contributed by atoms with E-state index in [-0.39, 0.29) is 11.1 Å². The van der Waals surface area contributed by atoms with Gasteiger partial charge in [0.2, 0.25) is 0 Å². The monoisotopic (exact) mass is 248 g/mol. The molecule has 0 amide bonds. The summed E-state index contributed by atoms with van der Waals surface area (Å²) in [4.78, 5) is 15.6. The van der Waals surface area contributed by atoms with Gasteiger partial charge in [0.05, 0.1) is 18.3 Å². The van der Waals surface area contributed by atoms with E-state index in [1.165, 1.54) is 6.20 Å². The maximum absolute atomic E-state index is 11.7. The van der Waals surface area contributed by atoms with Gasteiger partial charge in [-0.25, -0.2) is 4.68 Å². The van der Waals surface area contributed by atoms with Gasteiger partial charge in [0.15, 0.2) is 5.82 Å². The highest BCUT2D eigenvalue weighted by atomic mass is 16.1. The number of aromatic nitrogens is 6. The largest absolute Gasteiger partial charge is 0.302 e. The Morgan fingerprint density at radius 1 is 1.28 bits per heavy atom. The van der Waals surface area contributed by atoms with Crippen LogP contribution < -0.4 is 5.56 Å². The summed E-state index contributed by atoms with van der Waals surface area (Å²) < 4.78 is 3.32. The molecule has 0 N–H and O–H groups in total. The summed E-state index contributed by atoms with van der Waals surface area (Å²) in [5, 5.41) is 11.6. The highest BCUT2D eigenvalue weighted by molar-refractivity contribution is 4.99. The van der Waals surface area contributed by atoms with Gasteiger partial charge >= 0.3 is 0 Å². The number of nitrogens with zero attached hydrogens (tertiary/aromatic N) is 6. The van der Waals surface area contributed by atoms with Crippen LogP contribution >= 0.6 is 0 Å². The molecule has 0 spiro atoms. The van der Waals surface area contributed by atoms with Crippen molar-refractivity contribution in [1.82, 2.24) is 29.8 Å². The van der Waals surface area contributed by atoms with E-state index in [9.17, 15) is 4.79 Å². The van der Waals surface area contributed by atoms with E-state index in [2.05, 4.69) is 20.5 Å². The highest BCUT2D eigenvalue weighted by Crippen LogP contribution is 2.13. The topological polar surface area (TPSA) is 78.5 Å². The molecular formula is C11H16N6O. The highest BCUT2D eigenvalue weighted by Gasteiger charge is 2.20. The van der Waals surface area contributed by atoms with Crippen LogP contribution in [0.2, 0.25) is 0 Å². The average Bonchev–Trinajstić information content (AvgIpc) is 2.71. The molecule has 0 unspecified atom stereocenters. The molecule has 0 aliphatic heterocycles. The molecule has 96 valence electrons. The summed E-state index contributed by atoms with van der Waals surface area (Å²) >= 11 is 0. The number of tetrazole rings is 1. The van der Waals surface area contributed by atoms with Crippen LogP contribution in [0.1, 0.15) is 32.3 Å². The quantitative estimate of drug-likeness (QED) is 0.765. The molecule has 18 heavy (non-hydrogen) atoms. The molecule has 0 aliphatic rings. The van der Waals surface area contributed by atoms with Crippen LogP contribution in [0.3, 0.4) is 0 Å². The van der Waals surface area contributed by atoms with Crippen molar-refractivity contribution in [2.45, 2.75) is 39.8 Å². The Morgan fingerprint density at radius 3 is 2.61 bits per heavy atom. The molecule has 0 radical (unpaired) electrons. The van der Waals surface area contributed by atoms with E-state index in [4.69, 9.17) is 0 Å². The third-order valence-corrected chi connectivity index (χ3v) is 2.61. The molecular weight excluding hydrogens is 232 g/mol. The van der Waals surface area contributed by atoms with E-state index < -0.39 is 0 Å². The predicted molar refractivity (Wildman–Crippen MR) is 65.1 cm³/mol. The molecule has 0 aromatic carbocycles. The van der Waals surface area contributed by atoms with Gasteiger partial charge in [-0.15, -0.1) is 5.10 Å². The maximum atomic E-state index is 11.7. The first-order valence-electron chi connectivity index (χ1n) is 5.69. The van der Waals surface area contributed by atoms with E-state index in [0.717, 1.165) is 5.69 Å². The standard InChI is InChI=1S/C11H16N6O/c1-8-5-12-6-10(18)16(8)7-9-13-14-15-17(9)11(2,3)4/h5-6H,7H2,1-4H3. The third-order valence-electron chi connectivity index (χ3n) is 2.61. The van der Waals surface area contributed by atoms with Crippen molar-refractivity contribution in [2.75, 3.05) is 0 Å². The van der Waals surface area contributed by atoms with Crippen molar-refractivity contribution in [2.24, 2.45) is 0 Å². The van der Waals surface area contributed by atoms with Crippen LogP contribution in [0.25, 0.3) is 0 Å². The van der Waals surface area contributed by atoms with Gasteiger partial charge in [0.1, 0.15) is 0 Å². The van der Waals surface area contributed by atoms with Crippen LogP contribution in [0.15, 0.2) is 17.2 Å². The number of aryl methyl sites for hydroxylation is 1. The Bertz CT molecular complexity index is 606. The summed E-state index contributed by atoms with van der Waals surface area (Å²) in [5.41, 5.74) is 0.410. The molecule has 0 atom stereocenters. The van der Waals surface area contributed by atoms with Gasteiger partial charge in [-0.3, -0.25) is 9.78 Å². The lowest BCUT2D eigenvalue weighted by Gasteiger charge is -2.20. The lowest BCUT2D eigenvalue weighted by molar-refractivity contribution is 0.332. The zero-order valence-electron chi connectivity index (χ0n) is 11.0. The Balaban J connectivity index is 2.42. The Hall–Kier alpha value is -2.05. The third kappa shape index (κ3) is 2.29. The zero-order chi connectivity index (χ0) is 13.3. The fourth-order valence-electron chi connectivity index (χ4n) is 1.69. The Kier molecular flexibility index (Phi) is 2.98. The van der Waals surface area contributed by atoms with E-state index in [1.54, 1.807) is 15.4 Å². The van der Waals surface area contributed by atoms with E-state index in [1.807, 2.05) is 27.7 Å². The Labute approximate surface area is 104 Å². The molecule has 0 aliphatic carbocycles. The summed E-state index contributed by atoms with van der Waals surface area (Å²) in [6, 6.07) is 0. The molecule has 2 heterocycles. The number of hydrogen-bond donors (Lipinski definition) is 0. The zero-order valence-corrected chi connectivity index (χ0v) is 11.0. The van der Waals surface area contributed by atoms with Crippen LogP contribution in [0.5, 0.6) is 0 Å². The molecule has 7 nitrogen and oxygen atoms in total. The van der Waals surface area contributed by atoms with Crippen LogP contribution in [-0.4, -0.2) is 29.8 Å². The summed E-state index contributed by atoms with van der Waals surface area (Å²) in [5.74, 6) is 0.652. The molecule has 0 fully saturated rings. The van der Waals surface area contributed by atoms with Gasteiger partial charge in [0.25, 0.3) is 5.56 Å². The van der Waals surface area contributed by atoms with Crippen molar-refractivity contribution in [1.29, 1.82) is 0 Å². The summed E-state index contributed by atoms with van der Waals surface area (Å²) in [7, 11) is 0. The number of hydrogen-bond acceptors (Lipinski definition) is 5. The minimum Gasteiger partial charge on any atom is -0.302 e. The van der Waals surface area contributed by atoms with Crippen LogP contribution in [-0.2, 0) is 12.1 Å². The molecule has 0 bridgehead atoms. The van der Waals surface area contributed by atoms with Gasteiger partial charge in [-0.2, -0.15) is 0 Å². The minimum atomic E-state index is -0.219. The smallest absolute Gasteiger partial charge is 0.269 e. The molecule has 0 saturated heterocycles. The summed E-state index contributed by atoms with van der Waals surface area (Å²) in [6.07, 6.45) is 2.94. The van der Waals surface area contributed by atoms with Gasteiger partial charge < -0.3 is 4.57 Å². The second-order valence-electron chi connectivity index (χ2n) is 5.15. The van der Waals surface area contributed by atoms with Gasteiger partial charge in [0, 0.05) is 11.9 Å². The van der Waals surface area contributed by atoms with E-state index >= 15 is 0 Å². The van der Waals surface area contributed by atoms with Crippen molar-refractivity contribution in [3.05, 3.63) is 34.3 Å².